The van der Waals surface area contributed by atoms with E-state index in [9.17, 15) is 24.6 Å². The van der Waals surface area contributed by atoms with Crippen LogP contribution in [0.3, 0.4) is 0 Å². The van der Waals surface area contributed by atoms with Gasteiger partial charge in [-0.05, 0) is 30.5 Å². The number of aliphatic hydroxyl groups excluding tert-OH is 3. The quantitative estimate of drug-likeness (QED) is 0.224. The standard InChI is InChI=1S/C18H26ClN4O8P/c19-18-21-15(20-9-3-1-2-4-9)10-5-6-23(16(10)22-18)17-14(26)13(25)11(31-17)8-30-12(7-24)32(27,28)29/h5-6,9,11-14,17,24-26H,1-4,7-8H2,(H,20,21,22)(H2,27,28,29)/t11-,12?,13-,14-,17-/m1/s1. The number of halogens is 1. The molecule has 0 amide bonds. The van der Waals surface area contributed by atoms with Crippen molar-refractivity contribution in [2.45, 2.75) is 62.1 Å². The molecule has 4 rings (SSSR count). The Bertz CT molecular complexity index is 997. The van der Waals surface area contributed by atoms with Crippen molar-refractivity contribution in [2.24, 2.45) is 0 Å². The van der Waals surface area contributed by atoms with E-state index < -0.39 is 51.2 Å². The Morgan fingerprint density at radius 3 is 2.66 bits per heavy atom. The highest BCUT2D eigenvalue weighted by Gasteiger charge is 2.45. The van der Waals surface area contributed by atoms with Gasteiger partial charge in [0, 0.05) is 12.2 Å². The summed E-state index contributed by atoms with van der Waals surface area (Å²) in [5.74, 6) is -1.18. The minimum atomic E-state index is -4.70. The third kappa shape index (κ3) is 4.79. The minimum absolute atomic E-state index is 0.0123. The second-order valence-corrected chi connectivity index (χ2v) is 10.1. The van der Waals surface area contributed by atoms with E-state index in [4.69, 9.17) is 26.2 Å². The normalized spacial score (nSPS) is 27.9. The smallest absolute Gasteiger partial charge is 0.356 e. The highest BCUT2D eigenvalue weighted by molar-refractivity contribution is 7.52. The van der Waals surface area contributed by atoms with Gasteiger partial charge in [-0.15, -0.1) is 0 Å². The van der Waals surface area contributed by atoms with E-state index in [1.165, 1.54) is 4.57 Å². The SMILES string of the molecule is O=P(O)(O)C(CO)OC[C@H]1O[C@@H](n2ccc3c(NC4CCCC4)nc(Cl)nc32)[C@H](O)[C@@H]1O. The first-order valence-electron chi connectivity index (χ1n) is 10.3. The maximum atomic E-state index is 11.3. The molecule has 2 aromatic rings. The van der Waals surface area contributed by atoms with Crippen LogP contribution in [0.15, 0.2) is 12.3 Å². The Kier molecular flexibility index (Phi) is 7.06. The van der Waals surface area contributed by atoms with Gasteiger partial charge in [0.25, 0.3) is 0 Å². The minimum Gasteiger partial charge on any atom is -0.393 e. The summed E-state index contributed by atoms with van der Waals surface area (Å²) in [6.07, 6.45) is 1.06. The molecular formula is C18H26ClN4O8P. The lowest BCUT2D eigenvalue weighted by molar-refractivity contribution is -0.0773. The molecule has 12 nitrogen and oxygen atoms in total. The number of hydrogen-bond acceptors (Lipinski definition) is 9. The summed E-state index contributed by atoms with van der Waals surface area (Å²) in [6, 6.07) is 2.04. The first-order chi connectivity index (χ1) is 15.2. The van der Waals surface area contributed by atoms with Gasteiger partial charge in [0.2, 0.25) is 5.28 Å². The topological polar surface area (TPSA) is 179 Å². The molecule has 1 aliphatic carbocycles. The number of nitrogens with one attached hydrogen (secondary N) is 1. The van der Waals surface area contributed by atoms with Crippen molar-refractivity contribution in [3.63, 3.8) is 0 Å². The van der Waals surface area contributed by atoms with Crippen molar-refractivity contribution in [3.05, 3.63) is 17.5 Å². The van der Waals surface area contributed by atoms with Crippen LogP contribution in [0.4, 0.5) is 5.82 Å². The van der Waals surface area contributed by atoms with Crippen LogP contribution in [0, 0.1) is 0 Å². The van der Waals surface area contributed by atoms with E-state index in [0.29, 0.717) is 16.9 Å². The van der Waals surface area contributed by atoms with Gasteiger partial charge in [-0.3, -0.25) is 4.57 Å². The Hall–Kier alpha value is -1.34. The lowest BCUT2D eigenvalue weighted by atomic mass is 10.1. The fourth-order valence-corrected chi connectivity index (χ4v) is 4.80. The molecule has 0 aromatic carbocycles. The summed E-state index contributed by atoms with van der Waals surface area (Å²) in [5, 5.41) is 34.2. The number of aromatic nitrogens is 3. The number of fused-ring (bicyclic) bond motifs is 1. The second kappa shape index (κ2) is 9.49. The molecule has 1 saturated heterocycles. The molecule has 3 heterocycles. The molecule has 0 bridgehead atoms. The van der Waals surface area contributed by atoms with E-state index in [0.717, 1.165) is 25.7 Å². The summed E-state index contributed by atoms with van der Waals surface area (Å²) >= 11 is 6.14. The van der Waals surface area contributed by atoms with Crippen molar-refractivity contribution in [2.75, 3.05) is 18.5 Å². The van der Waals surface area contributed by atoms with Crippen LogP contribution in [-0.4, -0.2) is 83.1 Å². The molecule has 0 spiro atoms. The van der Waals surface area contributed by atoms with Gasteiger partial charge >= 0.3 is 7.60 Å². The van der Waals surface area contributed by atoms with Gasteiger partial charge < -0.3 is 44.5 Å². The molecule has 178 valence electrons. The van der Waals surface area contributed by atoms with Crippen LogP contribution in [0.25, 0.3) is 11.0 Å². The molecule has 1 aliphatic heterocycles. The predicted octanol–water partition coefficient (Wildman–Crippen LogP) is 0.571. The molecule has 2 fully saturated rings. The van der Waals surface area contributed by atoms with Crippen molar-refractivity contribution in [1.29, 1.82) is 0 Å². The fourth-order valence-electron chi connectivity index (χ4n) is 4.14. The molecular weight excluding hydrogens is 467 g/mol. The maximum absolute atomic E-state index is 11.3. The predicted molar refractivity (Wildman–Crippen MR) is 113 cm³/mol. The number of rotatable bonds is 8. The van der Waals surface area contributed by atoms with Crippen LogP contribution >= 0.6 is 19.2 Å². The monoisotopic (exact) mass is 492 g/mol. The number of aliphatic hydroxyl groups is 3. The van der Waals surface area contributed by atoms with Crippen LogP contribution < -0.4 is 5.32 Å². The molecule has 5 atom stereocenters. The highest BCUT2D eigenvalue weighted by Crippen LogP contribution is 2.42. The van der Waals surface area contributed by atoms with Gasteiger partial charge in [-0.1, -0.05) is 12.8 Å². The van der Waals surface area contributed by atoms with E-state index >= 15 is 0 Å². The summed E-state index contributed by atoms with van der Waals surface area (Å²) in [7, 11) is -4.70. The first kappa shape index (κ1) is 23.8. The Labute approximate surface area is 188 Å². The van der Waals surface area contributed by atoms with Crippen LogP contribution in [0.1, 0.15) is 31.9 Å². The molecule has 0 radical (unpaired) electrons. The lowest BCUT2D eigenvalue weighted by Gasteiger charge is -2.20. The van der Waals surface area contributed by atoms with Crippen LogP contribution in [0.5, 0.6) is 0 Å². The van der Waals surface area contributed by atoms with Gasteiger partial charge in [0.15, 0.2) is 12.1 Å². The molecule has 6 N–H and O–H groups in total. The Morgan fingerprint density at radius 1 is 1.28 bits per heavy atom. The highest BCUT2D eigenvalue weighted by atomic mass is 35.5. The molecule has 1 saturated carbocycles. The third-order valence-corrected chi connectivity index (χ3v) is 7.07. The van der Waals surface area contributed by atoms with Gasteiger partial charge in [-0.2, -0.15) is 4.98 Å². The van der Waals surface area contributed by atoms with E-state index in [2.05, 4.69) is 15.3 Å². The largest absolute Gasteiger partial charge is 0.393 e. The molecule has 32 heavy (non-hydrogen) atoms. The van der Waals surface area contributed by atoms with Crippen LogP contribution in [-0.2, 0) is 14.0 Å². The zero-order chi connectivity index (χ0) is 23.0. The molecule has 2 aliphatic rings. The fraction of sp³-hybridized carbons (Fsp3) is 0.667. The summed E-state index contributed by atoms with van der Waals surface area (Å²) < 4.78 is 23.6. The average Bonchev–Trinajstić information content (AvgIpc) is 3.44. The summed E-state index contributed by atoms with van der Waals surface area (Å²) in [4.78, 5) is 26.9. The lowest BCUT2D eigenvalue weighted by Crippen LogP contribution is -2.35. The van der Waals surface area contributed by atoms with Crippen molar-refractivity contribution in [3.8, 4) is 0 Å². The zero-order valence-electron chi connectivity index (χ0n) is 17.0. The molecule has 2 aromatic heterocycles. The second-order valence-electron chi connectivity index (χ2n) is 8.03. The molecule has 14 heteroatoms. The maximum Gasteiger partial charge on any atom is 0.356 e. The van der Waals surface area contributed by atoms with E-state index in [1.54, 1.807) is 12.3 Å². The average molecular weight is 493 g/mol. The molecule has 1 unspecified atom stereocenters. The number of nitrogens with zero attached hydrogens (tertiary/aromatic N) is 3. The Balaban J connectivity index is 1.54. The van der Waals surface area contributed by atoms with Crippen LogP contribution in [0.2, 0.25) is 5.28 Å². The zero-order valence-corrected chi connectivity index (χ0v) is 18.6. The number of ether oxygens (including phenoxy) is 2. The summed E-state index contributed by atoms with van der Waals surface area (Å²) in [6.45, 7) is -1.36. The van der Waals surface area contributed by atoms with E-state index in [1.807, 2.05) is 0 Å². The Morgan fingerprint density at radius 2 is 2.00 bits per heavy atom. The first-order valence-corrected chi connectivity index (χ1v) is 12.3. The number of hydrogen-bond donors (Lipinski definition) is 6. The summed E-state index contributed by atoms with van der Waals surface area (Å²) in [5.41, 5.74) is 0.395. The van der Waals surface area contributed by atoms with Crippen molar-refractivity contribution < 1.29 is 39.1 Å². The van der Waals surface area contributed by atoms with Crippen molar-refractivity contribution in [1.82, 2.24) is 14.5 Å². The number of anilines is 1. The third-order valence-electron chi connectivity index (χ3n) is 5.84. The van der Waals surface area contributed by atoms with Crippen molar-refractivity contribution >= 4 is 36.0 Å². The van der Waals surface area contributed by atoms with Gasteiger partial charge in [0.1, 0.15) is 29.8 Å². The van der Waals surface area contributed by atoms with Gasteiger partial charge in [-0.25, -0.2) is 4.98 Å². The van der Waals surface area contributed by atoms with E-state index in [-0.39, 0.29) is 11.3 Å². The van der Waals surface area contributed by atoms with Gasteiger partial charge in [0.05, 0.1) is 18.6 Å².